The molecule has 0 atom stereocenters. The Hall–Kier alpha value is -3.72. The molecule has 5 aromatic rings. The van der Waals surface area contributed by atoms with Crippen LogP contribution in [0.2, 0.25) is 0 Å². The summed E-state index contributed by atoms with van der Waals surface area (Å²) in [4.78, 5) is 0. The van der Waals surface area contributed by atoms with E-state index in [1.54, 1.807) is 0 Å². The summed E-state index contributed by atoms with van der Waals surface area (Å²) in [7, 11) is 0. The Morgan fingerprint density at radius 1 is 0.939 bits per heavy atom. The number of benzene rings is 2. The highest BCUT2D eigenvalue weighted by atomic mass is 32.2. The van der Waals surface area contributed by atoms with Gasteiger partial charge >= 0.3 is 0 Å². The van der Waals surface area contributed by atoms with Gasteiger partial charge in [0, 0.05) is 17.2 Å². The Morgan fingerprint density at radius 3 is 2.45 bits per heavy atom. The van der Waals surface area contributed by atoms with Crippen molar-refractivity contribution in [3.8, 4) is 28.4 Å². The highest BCUT2D eigenvalue weighted by Crippen LogP contribution is 2.41. The average molecular weight is 457 g/mol. The molecule has 1 aliphatic rings. The molecule has 2 aromatic carbocycles. The molecule has 1 aliphatic carbocycles. The fourth-order valence-corrected chi connectivity index (χ4v) is 4.55. The van der Waals surface area contributed by atoms with Crippen molar-refractivity contribution in [2.24, 2.45) is 0 Å². The first-order valence-electron chi connectivity index (χ1n) is 10.8. The van der Waals surface area contributed by atoms with Crippen LogP contribution in [0.5, 0.6) is 0 Å². The molecule has 0 saturated heterocycles. The molecular weight excluding hydrogens is 436 g/mol. The molecular formula is C24H20N6O2S. The average Bonchev–Trinajstić information content (AvgIpc) is 3.26. The summed E-state index contributed by atoms with van der Waals surface area (Å²) in [5, 5.41) is 22.5. The summed E-state index contributed by atoms with van der Waals surface area (Å²) in [6.45, 7) is 1.84. The summed E-state index contributed by atoms with van der Waals surface area (Å²) in [5.74, 6) is 3.51. The van der Waals surface area contributed by atoms with Gasteiger partial charge in [-0.15, -0.1) is 20.4 Å². The normalized spacial score (nSPS) is 13.5. The number of para-hydroxylation sites is 1. The molecule has 0 unspecified atom stereocenters. The predicted molar refractivity (Wildman–Crippen MR) is 123 cm³/mol. The van der Waals surface area contributed by atoms with Crippen molar-refractivity contribution < 1.29 is 8.94 Å². The molecule has 3 aromatic heterocycles. The molecule has 3 heterocycles. The van der Waals surface area contributed by atoms with Gasteiger partial charge in [0.1, 0.15) is 22.8 Å². The van der Waals surface area contributed by atoms with Gasteiger partial charge in [-0.1, -0.05) is 65.4 Å². The van der Waals surface area contributed by atoms with Crippen LogP contribution < -0.4 is 0 Å². The van der Waals surface area contributed by atoms with Crippen molar-refractivity contribution in [2.45, 2.75) is 36.6 Å². The SMILES string of the molecule is Cc1onc(-c2ccccc2)c1-c1nnc(CSc2nnc(C3CC3)n2-c2ccccc2)o1. The Kier molecular flexibility index (Phi) is 5.03. The fourth-order valence-electron chi connectivity index (χ4n) is 3.76. The number of nitrogens with zero attached hydrogens (tertiary/aromatic N) is 6. The van der Waals surface area contributed by atoms with E-state index < -0.39 is 0 Å². The summed E-state index contributed by atoms with van der Waals surface area (Å²) < 4.78 is 13.6. The Balaban J connectivity index is 1.26. The van der Waals surface area contributed by atoms with Crippen molar-refractivity contribution in [3.63, 3.8) is 0 Å². The zero-order chi connectivity index (χ0) is 22.2. The molecule has 0 spiro atoms. The van der Waals surface area contributed by atoms with E-state index in [1.165, 1.54) is 11.8 Å². The second-order valence-corrected chi connectivity index (χ2v) is 8.85. The maximum atomic E-state index is 6.00. The highest BCUT2D eigenvalue weighted by molar-refractivity contribution is 7.98. The second-order valence-electron chi connectivity index (χ2n) is 7.90. The maximum absolute atomic E-state index is 6.00. The van der Waals surface area contributed by atoms with Gasteiger partial charge in [-0.2, -0.15) is 0 Å². The van der Waals surface area contributed by atoms with Gasteiger partial charge in [-0.25, -0.2) is 0 Å². The highest BCUT2D eigenvalue weighted by Gasteiger charge is 2.31. The van der Waals surface area contributed by atoms with Crippen LogP contribution in [0.1, 0.15) is 36.2 Å². The quantitative estimate of drug-likeness (QED) is 0.298. The number of thioether (sulfide) groups is 1. The Morgan fingerprint density at radius 2 is 1.70 bits per heavy atom. The number of aromatic nitrogens is 6. The van der Waals surface area contributed by atoms with Crippen molar-refractivity contribution >= 4 is 11.8 Å². The van der Waals surface area contributed by atoms with Crippen molar-refractivity contribution in [3.05, 3.63) is 78.1 Å². The number of rotatable bonds is 7. The molecule has 9 heteroatoms. The van der Waals surface area contributed by atoms with E-state index in [9.17, 15) is 0 Å². The molecule has 1 saturated carbocycles. The van der Waals surface area contributed by atoms with Crippen molar-refractivity contribution in [1.29, 1.82) is 0 Å². The Labute approximate surface area is 194 Å². The van der Waals surface area contributed by atoms with E-state index in [0.29, 0.717) is 40.5 Å². The van der Waals surface area contributed by atoms with Crippen molar-refractivity contribution in [2.75, 3.05) is 0 Å². The van der Waals surface area contributed by atoms with Crippen LogP contribution in [0.4, 0.5) is 0 Å². The zero-order valence-corrected chi connectivity index (χ0v) is 18.7. The molecule has 33 heavy (non-hydrogen) atoms. The van der Waals surface area contributed by atoms with Crippen LogP contribution in [0.15, 0.2) is 74.8 Å². The van der Waals surface area contributed by atoms with Gasteiger partial charge in [0.25, 0.3) is 5.89 Å². The minimum absolute atomic E-state index is 0.395. The number of hydrogen-bond donors (Lipinski definition) is 0. The second kappa shape index (κ2) is 8.32. The zero-order valence-electron chi connectivity index (χ0n) is 17.9. The van der Waals surface area contributed by atoms with Crippen LogP contribution in [-0.4, -0.2) is 30.1 Å². The van der Waals surface area contributed by atoms with Gasteiger partial charge in [0.05, 0.1) is 5.75 Å². The van der Waals surface area contributed by atoms with Crippen LogP contribution >= 0.6 is 11.8 Å². The van der Waals surface area contributed by atoms with Gasteiger partial charge in [0.2, 0.25) is 5.89 Å². The topological polar surface area (TPSA) is 95.7 Å². The summed E-state index contributed by atoms with van der Waals surface area (Å²) in [5.41, 5.74) is 3.40. The molecule has 8 nitrogen and oxygen atoms in total. The molecule has 0 bridgehead atoms. The van der Waals surface area contributed by atoms with E-state index in [0.717, 1.165) is 35.1 Å². The molecule has 164 valence electrons. The van der Waals surface area contributed by atoms with E-state index in [1.807, 2.05) is 55.5 Å². The molecule has 0 aliphatic heterocycles. The van der Waals surface area contributed by atoms with E-state index in [4.69, 9.17) is 8.94 Å². The molecule has 0 amide bonds. The third-order valence-electron chi connectivity index (χ3n) is 5.53. The van der Waals surface area contributed by atoms with Gasteiger partial charge in [0.15, 0.2) is 5.16 Å². The third-order valence-corrected chi connectivity index (χ3v) is 6.44. The van der Waals surface area contributed by atoms with E-state index >= 15 is 0 Å². The lowest BCUT2D eigenvalue weighted by Gasteiger charge is -2.08. The monoisotopic (exact) mass is 456 g/mol. The Bertz CT molecular complexity index is 1390. The van der Waals surface area contributed by atoms with Crippen LogP contribution in [0.3, 0.4) is 0 Å². The largest absolute Gasteiger partial charge is 0.420 e. The fraction of sp³-hybridized carbons (Fsp3) is 0.208. The first-order valence-corrected chi connectivity index (χ1v) is 11.7. The van der Waals surface area contributed by atoms with E-state index in [2.05, 4.69) is 42.3 Å². The van der Waals surface area contributed by atoms with Crippen molar-refractivity contribution in [1.82, 2.24) is 30.1 Å². The molecule has 0 N–H and O–H groups in total. The lowest BCUT2D eigenvalue weighted by Crippen LogP contribution is -2.01. The molecule has 6 rings (SSSR count). The first-order chi connectivity index (χ1) is 16.3. The summed E-state index contributed by atoms with van der Waals surface area (Å²) >= 11 is 1.53. The predicted octanol–water partition coefficient (Wildman–Crippen LogP) is 5.45. The minimum atomic E-state index is 0.395. The summed E-state index contributed by atoms with van der Waals surface area (Å²) in [6.07, 6.45) is 2.31. The van der Waals surface area contributed by atoms with Gasteiger partial charge in [-0.05, 0) is 31.9 Å². The van der Waals surface area contributed by atoms with Crippen LogP contribution in [0, 0.1) is 6.92 Å². The minimum Gasteiger partial charge on any atom is -0.420 e. The lowest BCUT2D eigenvalue weighted by atomic mass is 10.1. The third kappa shape index (κ3) is 3.84. The lowest BCUT2D eigenvalue weighted by molar-refractivity contribution is 0.399. The van der Waals surface area contributed by atoms with Gasteiger partial charge in [-0.3, -0.25) is 4.57 Å². The van der Waals surface area contributed by atoms with Crippen LogP contribution in [0.25, 0.3) is 28.4 Å². The van der Waals surface area contributed by atoms with Gasteiger partial charge < -0.3 is 8.94 Å². The molecule has 0 radical (unpaired) electrons. The number of aryl methyl sites for hydroxylation is 1. The molecule has 1 fully saturated rings. The first kappa shape index (κ1) is 19.9. The maximum Gasteiger partial charge on any atom is 0.253 e. The van der Waals surface area contributed by atoms with E-state index in [-0.39, 0.29) is 0 Å². The van der Waals surface area contributed by atoms with Crippen LogP contribution in [-0.2, 0) is 5.75 Å². The summed E-state index contributed by atoms with van der Waals surface area (Å²) in [6, 6.07) is 20.0. The number of hydrogen-bond acceptors (Lipinski definition) is 8. The smallest absolute Gasteiger partial charge is 0.253 e. The standard InChI is InChI=1S/C24H20N6O2S/c1-15-20(21(29-32-15)16-8-4-2-5-9-16)23-27-25-19(31-23)14-33-24-28-26-22(17-12-13-17)30(24)18-10-6-3-7-11-18/h2-11,17H,12-14H2,1H3.